The molecule has 0 aliphatic carbocycles. The molecular weight excluding hydrogens is 321 g/mol. The van der Waals surface area contributed by atoms with Gasteiger partial charge in [-0.1, -0.05) is 23.2 Å². The molecule has 4 nitrogen and oxygen atoms in total. The fraction of sp³-hybridized carbons (Fsp3) is 0.0769. The van der Waals surface area contributed by atoms with Gasteiger partial charge in [0.25, 0.3) is 10.0 Å². The smallest absolute Gasteiger partial charge is 0.263 e. The van der Waals surface area contributed by atoms with E-state index in [0.717, 1.165) is 0 Å². The van der Waals surface area contributed by atoms with Crippen LogP contribution in [0.2, 0.25) is 10.0 Å². The summed E-state index contributed by atoms with van der Waals surface area (Å²) in [6.45, 7) is 1.64. The molecule has 0 atom stereocenters. The van der Waals surface area contributed by atoms with Crippen LogP contribution in [-0.4, -0.2) is 13.5 Å². The van der Waals surface area contributed by atoms with Gasteiger partial charge in [0.2, 0.25) is 0 Å². The zero-order valence-corrected chi connectivity index (χ0v) is 12.7. The van der Waals surface area contributed by atoms with E-state index in [9.17, 15) is 13.5 Å². The number of sulfonamides is 1. The van der Waals surface area contributed by atoms with Crippen molar-refractivity contribution >= 4 is 38.9 Å². The molecule has 0 saturated carbocycles. The third-order valence-electron chi connectivity index (χ3n) is 2.69. The van der Waals surface area contributed by atoms with Crippen molar-refractivity contribution < 1.29 is 13.5 Å². The second kappa shape index (κ2) is 5.52. The number of phenolic OH excluding ortho intramolecular Hbond substituents is 1. The summed E-state index contributed by atoms with van der Waals surface area (Å²) in [5.74, 6) is 0.0494. The van der Waals surface area contributed by atoms with Crippen LogP contribution in [0, 0.1) is 6.92 Å². The van der Waals surface area contributed by atoms with Gasteiger partial charge in [-0.25, -0.2) is 8.42 Å². The Hall–Kier alpha value is -1.43. The second-order valence-corrected chi connectivity index (χ2v) is 6.57. The highest BCUT2D eigenvalue weighted by atomic mass is 35.5. The van der Waals surface area contributed by atoms with E-state index in [0.29, 0.717) is 16.3 Å². The molecule has 7 heteroatoms. The molecule has 2 aromatic rings. The maximum Gasteiger partial charge on any atom is 0.263 e. The summed E-state index contributed by atoms with van der Waals surface area (Å²) in [5, 5.41) is 9.66. The van der Waals surface area contributed by atoms with Crippen molar-refractivity contribution in [3.8, 4) is 5.75 Å². The molecule has 0 aromatic heterocycles. The standard InChI is InChI=1S/C13H11Cl2NO3S/c1-8-11(14)6-7-12(13(8)15)20(18,19)16-9-2-4-10(17)5-3-9/h2-7,16-17H,1H3. The molecule has 0 unspecified atom stereocenters. The maximum atomic E-state index is 12.3. The number of halogens is 2. The number of aromatic hydroxyl groups is 1. The van der Waals surface area contributed by atoms with Crippen LogP contribution in [0.5, 0.6) is 5.75 Å². The van der Waals surface area contributed by atoms with Crippen molar-refractivity contribution in [2.75, 3.05) is 4.72 Å². The van der Waals surface area contributed by atoms with Crippen LogP contribution in [0.3, 0.4) is 0 Å². The Morgan fingerprint density at radius 1 is 1.05 bits per heavy atom. The summed E-state index contributed by atoms with van der Waals surface area (Å²) in [4.78, 5) is -0.0471. The average molecular weight is 332 g/mol. The number of hydrogen-bond acceptors (Lipinski definition) is 3. The van der Waals surface area contributed by atoms with Gasteiger partial charge >= 0.3 is 0 Å². The molecule has 0 aliphatic rings. The Labute approximate surface area is 127 Å². The molecule has 0 fully saturated rings. The number of phenols is 1. The van der Waals surface area contributed by atoms with Gasteiger partial charge in [-0.3, -0.25) is 4.72 Å². The number of anilines is 1. The minimum atomic E-state index is -3.82. The Morgan fingerprint density at radius 2 is 1.65 bits per heavy atom. The lowest BCUT2D eigenvalue weighted by atomic mass is 10.2. The number of nitrogens with one attached hydrogen (secondary N) is 1. The van der Waals surface area contributed by atoms with E-state index in [1.165, 1.54) is 36.4 Å². The van der Waals surface area contributed by atoms with E-state index < -0.39 is 10.0 Å². The van der Waals surface area contributed by atoms with Gasteiger partial charge in [-0.05, 0) is 48.9 Å². The third-order valence-corrected chi connectivity index (χ3v) is 5.13. The van der Waals surface area contributed by atoms with Gasteiger partial charge in [0, 0.05) is 10.7 Å². The fourth-order valence-electron chi connectivity index (χ4n) is 1.58. The molecular formula is C13H11Cl2NO3S. The maximum absolute atomic E-state index is 12.3. The van der Waals surface area contributed by atoms with E-state index in [-0.39, 0.29) is 15.7 Å². The van der Waals surface area contributed by atoms with Crippen LogP contribution in [-0.2, 0) is 10.0 Å². The van der Waals surface area contributed by atoms with Crippen molar-refractivity contribution in [3.63, 3.8) is 0 Å². The first-order valence-electron chi connectivity index (χ1n) is 5.58. The topological polar surface area (TPSA) is 66.4 Å². The zero-order chi connectivity index (χ0) is 14.9. The summed E-state index contributed by atoms with van der Waals surface area (Å²) in [5.41, 5.74) is 0.827. The van der Waals surface area contributed by atoms with Crippen molar-refractivity contribution in [1.82, 2.24) is 0 Å². The van der Waals surface area contributed by atoms with Crippen LogP contribution in [0.15, 0.2) is 41.3 Å². The molecule has 2 aromatic carbocycles. The first kappa shape index (κ1) is 15.0. The highest BCUT2D eigenvalue weighted by Crippen LogP contribution is 2.31. The molecule has 0 saturated heterocycles. The van der Waals surface area contributed by atoms with E-state index in [4.69, 9.17) is 23.2 Å². The molecule has 2 rings (SSSR count). The largest absolute Gasteiger partial charge is 0.508 e. The Morgan fingerprint density at radius 3 is 2.25 bits per heavy atom. The third kappa shape index (κ3) is 3.00. The predicted molar refractivity (Wildman–Crippen MR) is 80.1 cm³/mol. The van der Waals surface area contributed by atoms with Gasteiger partial charge in [0.15, 0.2) is 0 Å². The van der Waals surface area contributed by atoms with Crippen molar-refractivity contribution in [2.24, 2.45) is 0 Å². The van der Waals surface area contributed by atoms with Gasteiger partial charge in [-0.2, -0.15) is 0 Å². The lowest BCUT2D eigenvalue weighted by molar-refractivity contribution is 0.475. The highest BCUT2D eigenvalue weighted by Gasteiger charge is 2.20. The Bertz CT molecular complexity index is 743. The summed E-state index contributed by atoms with van der Waals surface area (Å²) in [7, 11) is -3.82. The van der Waals surface area contributed by atoms with E-state index >= 15 is 0 Å². The average Bonchev–Trinajstić information content (AvgIpc) is 2.38. The van der Waals surface area contributed by atoms with Crippen molar-refractivity contribution in [1.29, 1.82) is 0 Å². The minimum absolute atomic E-state index is 0.0471. The zero-order valence-electron chi connectivity index (χ0n) is 10.4. The first-order valence-corrected chi connectivity index (χ1v) is 7.81. The van der Waals surface area contributed by atoms with Crippen LogP contribution >= 0.6 is 23.2 Å². The molecule has 0 radical (unpaired) electrons. The number of rotatable bonds is 3. The molecule has 0 amide bonds. The van der Waals surface area contributed by atoms with Crippen molar-refractivity contribution in [3.05, 3.63) is 52.0 Å². The van der Waals surface area contributed by atoms with Gasteiger partial charge in [0.05, 0.1) is 5.02 Å². The lowest BCUT2D eigenvalue weighted by Crippen LogP contribution is -2.13. The molecule has 0 aliphatic heterocycles. The molecule has 106 valence electrons. The van der Waals surface area contributed by atoms with Crippen LogP contribution < -0.4 is 4.72 Å². The first-order chi connectivity index (χ1) is 9.31. The summed E-state index contributed by atoms with van der Waals surface area (Å²) >= 11 is 11.9. The van der Waals surface area contributed by atoms with Crippen LogP contribution in [0.25, 0.3) is 0 Å². The highest BCUT2D eigenvalue weighted by molar-refractivity contribution is 7.92. The molecule has 2 N–H and O–H groups in total. The lowest BCUT2D eigenvalue weighted by Gasteiger charge is -2.11. The van der Waals surface area contributed by atoms with E-state index in [1.807, 2.05) is 0 Å². The van der Waals surface area contributed by atoms with Gasteiger partial charge < -0.3 is 5.11 Å². The normalized spacial score (nSPS) is 11.3. The Kier molecular flexibility index (Phi) is 4.13. The van der Waals surface area contributed by atoms with E-state index in [2.05, 4.69) is 4.72 Å². The monoisotopic (exact) mass is 331 g/mol. The summed E-state index contributed by atoms with van der Waals surface area (Å²) in [6.07, 6.45) is 0. The Balaban J connectivity index is 2.41. The van der Waals surface area contributed by atoms with Crippen molar-refractivity contribution in [2.45, 2.75) is 11.8 Å². The number of benzene rings is 2. The predicted octanol–water partition coefficient (Wildman–Crippen LogP) is 3.81. The summed E-state index contributed by atoms with van der Waals surface area (Å²) < 4.78 is 26.9. The number of hydrogen-bond donors (Lipinski definition) is 2. The van der Waals surface area contributed by atoms with Crippen LogP contribution in [0.4, 0.5) is 5.69 Å². The molecule has 0 bridgehead atoms. The SMILES string of the molecule is Cc1c(Cl)ccc(S(=O)(=O)Nc2ccc(O)cc2)c1Cl. The molecule has 0 heterocycles. The fourth-order valence-corrected chi connectivity index (χ4v) is 3.45. The molecule has 20 heavy (non-hydrogen) atoms. The van der Waals surface area contributed by atoms with Crippen LogP contribution in [0.1, 0.15) is 5.56 Å². The van der Waals surface area contributed by atoms with Gasteiger partial charge in [-0.15, -0.1) is 0 Å². The minimum Gasteiger partial charge on any atom is -0.508 e. The molecule has 0 spiro atoms. The summed E-state index contributed by atoms with van der Waals surface area (Å²) in [6, 6.07) is 8.49. The van der Waals surface area contributed by atoms with E-state index in [1.54, 1.807) is 6.92 Å². The second-order valence-electron chi connectivity index (χ2n) is 4.14. The van der Waals surface area contributed by atoms with Gasteiger partial charge in [0.1, 0.15) is 10.6 Å². The quantitative estimate of drug-likeness (QED) is 0.840.